The monoisotopic (exact) mass is 259 g/mol. The molecule has 3 fully saturated rings. The minimum Gasteiger partial charge on any atom is -0.361 e. The smallest absolute Gasteiger partial charge is 0.178 e. The fraction of sp³-hybridized carbons (Fsp3) is 1.00. The summed E-state index contributed by atoms with van der Waals surface area (Å²) in [6, 6.07) is 0. The maximum Gasteiger partial charge on any atom is 0.178 e. The van der Waals surface area contributed by atoms with Crippen molar-refractivity contribution in [1.82, 2.24) is 5.23 Å². The fourth-order valence-electron chi connectivity index (χ4n) is 5.50. The van der Waals surface area contributed by atoms with Crippen molar-refractivity contribution in [3.63, 3.8) is 0 Å². The first-order valence-corrected chi connectivity index (χ1v) is 8.70. The average molecular weight is 259 g/mol. The molecule has 0 spiro atoms. The predicted molar refractivity (Wildman–Crippen MR) is 82.0 cm³/mol. The number of hydrogen-bond donors (Lipinski definition) is 1. The van der Waals surface area contributed by atoms with Gasteiger partial charge in [0.2, 0.25) is 0 Å². The molecule has 0 aromatic carbocycles. The van der Waals surface area contributed by atoms with Gasteiger partial charge >= 0.3 is 0 Å². The van der Waals surface area contributed by atoms with Crippen molar-refractivity contribution in [2.45, 2.75) is 83.1 Å². The molecule has 2 radical (unpaired) electrons. The molecule has 3 aliphatic carbocycles. The molecule has 0 amide bonds. The first-order chi connectivity index (χ1) is 9.22. The molecule has 5 atom stereocenters. The van der Waals surface area contributed by atoms with Gasteiger partial charge in [-0.1, -0.05) is 38.5 Å². The Morgan fingerprint density at radius 1 is 0.789 bits per heavy atom. The molecule has 3 rings (SSSR count). The van der Waals surface area contributed by atoms with Crippen molar-refractivity contribution in [3.8, 4) is 0 Å². The largest absolute Gasteiger partial charge is 0.361 e. The lowest BCUT2D eigenvalue weighted by Crippen LogP contribution is -2.40. The molecular weight excluding hydrogens is 229 g/mol. The molecule has 5 unspecified atom stereocenters. The van der Waals surface area contributed by atoms with Gasteiger partial charge in [0.1, 0.15) is 0 Å². The second kappa shape index (κ2) is 5.80. The molecule has 0 aliphatic heterocycles. The first-order valence-electron chi connectivity index (χ1n) is 8.70. The van der Waals surface area contributed by atoms with Crippen LogP contribution in [0.4, 0.5) is 0 Å². The molecule has 1 nitrogen and oxygen atoms in total. The summed E-state index contributed by atoms with van der Waals surface area (Å²) < 4.78 is 0. The van der Waals surface area contributed by atoms with Gasteiger partial charge in [-0.05, 0) is 62.7 Å². The van der Waals surface area contributed by atoms with E-state index < -0.39 is 0 Å². The molecule has 2 heteroatoms. The Hall–Kier alpha value is 0.0249. The zero-order valence-electron chi connectivity index (χ0n) is 12.7. The molecular formula is C17H30BN. The van der Waals surface area contributed by atoms with E-state index in [0.717, 1.165) is 23.7 Å². The Morgan fingerprint density at radius 3 is 2.00 bits per heavy atom. The molecule has 0 heterocycles. The van der Waals surface area contributed by atoms with Crippen LogP contribution in [0.15, 0.2) is 0 Å². The van der Waals surface area contributed by atoms with Crippen LogP contribution in [0, 0.1) is 23.7 Å². The van der Waals surface area contributed by atoms with Gasteiger partial charge in [0, 0.05) is 5.54 Å². The Labute approximate surface area is 120 Å². The van der Waals surface area contributed by atoms with E-state index in [4.69, 9.17) is 7.98 Å². The summed E-state index contributed by atoms with van der Waals surface area (Å²) in [4.78, 5) is 0. The topological polar surface area (TPSA) is 12.0 Å². The second-order valence-electron chi connectivity index (χ2n) is 7.85. The van der Waals surface area contributed by atoms with E-state index in [-0.39, 0.29) is 5.54 Å². The highest BCUT2D eigenvalue weighted by Crippen LogP contribution is 2.50. The third-order valence-corrected chi connectivity index (χ3v) is 6.70. The zero-order valence-corrected chi connectivity index (χ0v) is 12.7. The van der Waals surface area contributed by atoms with Crippen LogP contribution in [0.5, 0.6) is 0 Å². The third kappa shape index (κ3) is 2.89. The van der Waals surface area contributed by atoms with Crippen molar-refractivity contribution >= 4 is 7.98 Å². The van der Waals surface area contributed by atoms with Crippen LogP contribution in [-0.4, -0.2) is 13.5 Å². The third-order valence-electron chi connectivity index (χ3n) is 6.70. The lowest BCUT2D eigenvalue weighted by Gasteiger charge is -2.39. The van der Waals surface area contributed by atoms with Crippen molar-refractivity contribution in [3.05, 3.63) is 0 Å². The summed E-state index contributed by atoms with van der Waals surface area (Å²) in [5, 5.41) is 3.09. The van der Waals surface area contributed by atoms with Crippen LogP contribution >= 0.6 is 0 Å². The minimum atomic E-state index is 0.207. The van der Waals surface area contributed by atoms with E-state index in [1.54, 1.807) is 0 Å². The SMILES string of the molecule is [B]NC1(C)CCCC(C2CCCC3CCCC32)CC1. The van der Waals surface area contributed by atoms with Gasteiger partial charge in [-0.25, -0.2) is 0 Å². The maximum atomic E-state index is 5.77. The van der Waals surface area contributed by atoms with Gasteiger partial charge in [-0.2, -0.15) is 0 Å². The van der Waals surface area contributed by atoms with Crippen LogP contribution in [0.2, 0.25) is 0 Å². The highest BCUT2D eigenvalue weighted by Gasteiger charge is 2.41. The van der Waals surface area contributed by atoms with Gasteiger partial charge in [0.25, 0.3) is 0 Å². The molecule has 0 bridgehead atoms. The van der Waals surface area contributed by atoms with Crippen LogP contribution < -0.4 is 5.23 Å². The highest BCUT2D eigenvalue weighted by molar-refractivity contribution is 6.04. The Kier molecular flexibility index (Phi) is 4.27. The Morgan fingerprint density at radius 2 is 1.37 bits per heavy atom. The fourth-order valence-corrected chi connectivity index (χ4v) is 5.50. The molecule has 0 aromatic heterocycles. The lowest BCUT2D eigenvalue weighted by molar-refractivity contribution is 0.111. The Balaban J connectivity index is 1.65. The van der Waals surface area contributed by atoms with E-state index in [0.29, 0.717) is 0 Å². The van der Waals surface area contributed by atoms with Crippen molar-refractivity contribution < 1.29 is 0 Å². The normalized spacial score (nSPS) is 47.6. The predicted octanol–water partition coefficient (Wildman–Crippen LogP) is 4.21. The van der Waals surface area contributed by atoms with Crippen molar-refractivity contribution in [2.75, 3.05) is 0 Å². The van der Waals surface area contributed by atoms with E-state index >= 15 is 0 Å². The van der Waals surface area contributed by atoms with Crippen molar-refractivity contribution in [2.24, 2.45) is 23.7 Å². The van der Waals surface area contributed by atoms with E-state index in [2.05, 4.69) is 12.2 Å². The standard InChI is InChI=1S/C17H30BN/c1-17(19-18)11-4-7-14(10-12-17)16-9-3-6-13-5-2-8-15(13)16/h13-16,19H,2-12H2,1H3. The van der Waals surface area contributed by atoms with E-state index in [9.17, 15) is 0 Å². The summed E-state index contributed by atoms with van der Waals surface area (Å²) in [6.45, 7) is 2.31. The van der Waals surface area contributed by atoms with Gasteiger partial charge in [-0.3, -0.25) is 0 Å². The average Bonchev–Trinajstić information content (AvgIpc) is 2.82. The highest BCUT2D eigenvalue weighted by atomic mass is 14.9. The number of fused-ring (bicyclic) bond motifs is 1. The quantitative estimate of drug-likeness (QED) is 0.578. The molecule has 19 heavy (non-hydrogen) atoms. The van der Waals surface area contributed by atoms with Gasteiger partial charge in [-0.15, -0.1) is 0 Å². The molecule has 3 saturated carbocycles. The summed E-state index contributed by atoms with van der Waals surface area (Å²) in [5.74, 6) is 4.25. The zero-order chi connectivity index (χ0) is 13.3. The first kappa shape index (κ1) is 14.0. The molecule has 1 N–H and O–H groups in total. The van der Waals surface area contributed by atoms with Gasteiger partial charge < -0.3 is 5.23 Å². The Bertz CT molecular complexity index is 306. The maximum absolute atomic E-state index is 5.77. The molecule has 0 aromatic rings. The summed E-state index contributed by atoms with van der Waals surface area (Å²) >= 11 is 0. The number of hydrogen-bond acceptors (Lipinski definition) is 1. The number of nitrogens with one attached hydrogen (secondary N) is 1. The summed E-state index contributed by atoms with van der Waals surface area (Å²) in [5.41, 5.74) is 0.207. The molecule has 3 aliphatic rings. The van der Waals surface area contributed by atoms with E-state index in [1.165, 1.54) is 70.6 Å². The van der Waals surface area contributed by atoms with Gasteiger partial charge in [0.15, 0.2) is 7.98 Å². The van der Waals surface area contributed by atoms with Gasteiger partial charge in [0.05, 0.1) is 0 Å². The van der Waals surface area contributed by atoms with Crippen LogP contribution in [0.25, 0.3) is 0 Å². The summed E-state index contributed by atoms with van der Waals surface area (Å²) in [6.07, 6.45) is 16.0. The lowest BCUT2D eigenvalue weighted by atomic mass is 9.67. The number of rotatable bonds is 2. The molecule has 106 valence electrons. The van der Waals surface area contributed by atoms with Crippen LogP contribution in [-0.2, 0) is 0 Å². The minimum absolute atomic E-state index is 0.207. The second-order valence-corrected chi connectivity index (χ2v) is 7.85. The van der Waals surface area contributed by atoms with Crippen LogP contribution in [0.3, 0.4) is 0 Å². The molecule has 0 saturated heterocycles. The van der Waals surface area contributed by atoms with E-state index in [1.807, 2.05) is 0 Å². The summed E-state index contributed by atoms with van der Waals surface area (Å²) in [7, 11) is 5.77. The van der Waals surface area contributed by atoms with Crippen LogP contribution in [0.1, 0.15) is 77.6 Å². The van der Waals surface area contributed by atoms with Crippen molar-refractivity contribution in [1.29, 1.82) is 0 Å².